The summed E-state index contributed by atoms with van der Waals surface area (Å²) in [4.78, 5) is 10.2. The number of anilines is 2. The highest BCUT2D eigenvalue weighted by Crippen LogP contribution is 2.12. The van der Waals surface area contributed by atoms with Gasteiger partial charge in [0.1, 0.15) is 13.2 Å². The molecule has 0 heterocycles. The first-order valence-electron chi connectivity index (χ1n) is 5.68. The maximum atomic E-state index is 5.78. The molecule has 18 heavy (non-hydrogen) atoms. The first-order chi connectivity index (χ1) is 8.75. The van der Waals surface area contributed by atoms with Crippen LogP contribution in [0.15, 0.2) is 48.5 Å². The van der Waals surface area contributed by atoms with Crippen molar-refractivity contribution in [3.8, 4) is 0 Å². The molecular formula is C14H16N2O2. The first kappa shape index (κ1) is 12.4. The molecule has 0 spiro atoms. The molecule has 2 rings (SSSR count). The minimum Gasteiger partial charge on any atom is -0.399 e. The summed E-state index contributed by atoms with van der Waals surface area (Å²) in [6, 6.07) is 15.0. The fourth-order valence-electron chi connectivity index (χ4n) is 1.49. The molecule has 0 amide bonds. The van der Waals surface area contributed by atoms with E-state index in [-0.39, 0.29) is 0 Å². The highest BCUT2D eigenvalue weighted by atomic mass is 17.2. The van der Waals surface area contributed by atoms with Crippen LogP contribution in [0.1, 0.15) is 11.1 Å². The zero-order chi connectivity index (χ0) is 12.8. The third kappa shape index (κ3) is 3.48. The molecule has 2 aromatic rings. The van der Waals surface area contributed by atoms with Gasteiger partial charge in [0.2, 0.25) is 0 Å². The lowest BCUT2D eigenvalue weighted by Crippen LogP contribution is -1.99. The van der Waals surface area contributed by atoms with Crippen molar-refractivity contribution >= 4 is 11.4 Å². The number of nitrogens with two attached hydrogens (primary N) is 2. The Bertz CT molecular complexity index is 497. The van der Waals surface area contributed by atoms with Gasteiger partial charge >= 0.3 is 0 Å². The van der Waals surface area contributed by atoms with E-state index in [1.807, 2.05) is 48.5 Å². The fraction of sp³-hybridized carbons (Fsp3) is 0.143. The Labute approximate surface area is 106 Å². The number of hydrogen-bond donors (Lipinski definition) is 2. The Hall–Kier alpha value is -2.04. The summed E-state index contributed by atoms with van der Waals surface area (Å²) in [6.45, 7) is 0.717. The van der Waals surface area contributed by atoms with Gasteiger partial charge in [-0.15, -0.1) is 0 Å². The molecule has 0 atom stereocenters. The van der Waals surface area contributed by atoms with Gasteiger partial charge in [0, 0.05) is 16.9 Å². The molecule has 0 unspecified atom stereocenters. The molecular weight excluding hydrogens is 228 g/mol. The number of benzene rings is 2. The molecule has 0 fully saturated rings. The summed E-state index contributed by atoms with van der Waals surface area (Å²) < 4.78 is 0. The van der Waals surface area contributed by atoms with Crippen LogP contribution in [0, 0.1) is 0 Å². The highest BCUT2D eigenvalue weighted by Gasteiger charge is 1.99. The third-order valence-electron chi connectivity index (χ3n) is 2.56. The van der Waals surface area contributed by atoms with Crippen LogP contribution in [-0.4, -0.2) is 0 Å². The largest absolute Gasteiger partial charge is 0.399 e. The molecule has 0 aliphatic rings. The Morgan fingerprint density at radius 1 is 0.778 bits per heavy atom. The van der Waals surface area contributed by atoms with E-state index >= 15 is 0 Å². The van der Waals surface area contributed by atoms with Crippen molar-refractivity contribution in [3.05, 3.63) is 59.7 Å². The lowest BCUT2D eigenvalue weighted by molar-refractivity contribution is -0.313. The van der Waals surface area contributed by atoms with Crippen molar-refractivity contribution in [1.29, 1.82) is 0 Å². The SMILES string of the molecule is Nc1ccc(COOCc2ccccc2N)cc1. The normalized spacial score (nSPS) is 10.4. The topological polar surface area (TPSA) is 70.5 Å². The van der Waals surface area contributed by atoms with Crippen LogP contribution < -0.4 is 11.5 Å². The molecule has 0 radical (unpaired) electrons. The van der Waals surface area contributed by atoms with Crippen LogP contribution in [-0.2, 0) is 23.0 Å². The number of rotatable bonds is 5. The minimum absolute atomic E-state index is 0.335. The zero-order valence-corrected chi connectivity index (χ0v) is 10.0. The molecule has 94 valence electrons. The zero-order valence-electron chi connectivity index (χ0n) is 10.0. The molecule has 4 N–H and O–H groups in total. The highest BCUT2D eigenvalue weighted by molar-refractivity contribution is 5.45. The van der Waals surface area contributed by atoms with Gasteiger partial charge in [-0.25, -0.2) is 9.78 Å². The molecule has 0 aromatic heterocycles. The van der Waals surface area contributed by atoms with E-state index in [2.05, 4.69) is 0 Å². The average Bonchev–Trinajstić information content (AvgIpc) is 2.39. The summed E-state index contributed by atoms with van der Waals surface area (Å²) in [5.41, 5.74) is 14.7. The van der Waals surface area contributed by atoms with E-state index in [1.165, 1.54) is 0 Å². The van der Waals surface area contributed by atoms with Gasteiger partial charge in [0.25, 0.3) is 0 Å². The molecule has 0 bridgehead atoms. The Morgan fingerprint density at radius 2 is 1.44 bits per heavy atom. The smallest absolute Gasteiger partial charge is 0.109 e. The average molecular weight is 244 g/mol. The molecule has 0 saturated carbocycles. The summed E-state index contributed by atoms with van der Waals surface area (Å²) in [6.07, 6.45) is 0. The van der Waals surface area contributed by atoms with Crippen molar-refractivity contribution < 1.29 is 9.78 Å². The van der Waals surface area contributed by atoms with Crippen molar-refractivity contribution in [3.63, 3.8) is 0 Å². The van der Waals surface area contributed by atoms with Crippen LogP contribution in [0.25, 0.3) is 0 Å². The van der Waals surface area contributed by atoms with Gasteiger partial charge in [-0.2, -0.15) is 0 Å². The molecule has 4 nitrogen and oxygen atoms in total. The lowest BCUT2D eigenvalue weighted by Gasteiger charge is -2.06. The van der Waals surface area contributed by atoms with Crippen LogP contribution >= 0.6 is 0 Å². The third-order valence-corrected chi connectivity index (χ3v) is 2.56. The molecule has 2 aromatic carbocycles. The van der Waals surface area contributed by atoms with Crippen molar-refractivity contribution in [1.82, 2.24) is 0 Å². The van der Waals surface area contributed by atoms with E-state index in [4.69, 9.17) is 21.2 Å². The number of nitrogen functional groups attached to an aromatic ring is 2. The van der Waals surface area contributed by atoms with E-state index < -0.39 is 0 Å². The fourth-order valence-corrected chi connectivity index (χ4v) is 1.49. The Balaban J connectivity index is 1.76. The van der Waals surface area contributed by atoms with E-state index in [9.17, 15) is 0 Å². The van der Waals surface area contributed by atoms with Gasteiger partial charge in [0.15, 0.2) is 0 Å². The van der Waals surface area contributed by atoms with Crippen LogP contribution in [0.3, 0.4) is 0 Å². The quantitative estimate of drug-likeness (QED) is 0.367. The summed E-state index contributed by atoms with van der Waals surface area (Å²) in [7, 11) is 0. The predicted molar refractivity (Wildman–Crippen MR) is 71.3 cm³/mol. The van der Waals surface area contributed by atoms with Gasteiger partial charge in [-0.1, -0.05) is 30.3 Å². The Kier molecular flexibility index (Phi) is 4.17. The summed E-state index contributed by atoms with van der Waals surface area (Å²) >= 11 is 0. The Morgan fingerprint density at radius 3 is 2.17 bits per heavy atom. The monoisotopic (exact) mass is 244 g/mol. The van der Waals surface area contributed by atoms with Crippen LogP contribution in [0.2, 0.25) is 0 Å². The van der Waals surface area contributed by atoms with Gasteiger partial charge in [-0.3, -0.25) is 0 Å². The molecule has 0 aliphatic carbocycles. The molecule has 0 aliphatic heterocycles. The van der Waals surface area contributed by atoms with Crippen molar-refractivity contribution in [2.45, 2.75) is 13.2 Å². The van der Waals surface area contributed by atoms with Crippen molar-refractivity contribution in [2.75, 3.05) is 11.5 Å². The second-order valence-corrected chi connectivity index (χ2v) is 3.96. The predicted octanol–water partition coefficient (Wildman–Crippen LogP) is 2.50. The van der Waals surface area contributed by atoms with Gasteiger partial charge in [0.05, 0.1) is 0 Å². The standard InChI is InChI=1S/C14H16N2O2/c15-13-7-5-11(6-8-13)9-17-18-10-12-3-1-2-4-14(12)16/h1-8H,9-10,15-16H2. The van der Waals surface area contributed by atoms with Gasteiger partial charge in [-0.05, 0) is 23.8 Å². The van der Waals surface area contributed by atoms with Gasteiger partial charge < -0.3 is 11.5 Å². The van der Waals surface area contributed by atoms with E-state index in [0.29, 0.717) is 18.9 Å². The maximum absolute atomic E-state index is 5.78. The maximum Gasteiger partial charge on any atom is 0.109 e. The second-order valence-electron chi connectivity index (χ2n) is 3.96. The van der Waals surface area contributed by atoms with Crippen LogP contribution in [0.5, 0.6) is 0 Å². The van der Waals surface area contributed by atoms with E-state index in [0.717, 1.165) is 16.8 Å². The number of para-hydroxylation sites is 1. The molecule has 4 heteroatoms. The summed E-state index contributed by atoms with van der Waals surface area (Å²) in [5.74, 6) is 0. The van der Waals surface area contributed by atoms with Crippen LogP contribution in [0.4, 0.5) is 11.4 Å². The van der Waals surface area contributed by atoms with Crippen molar-refractivity contribution in [2.24, 2.45) is 0 Å². The lowest BCUT2D eigenvalue weighted by atomic mass is 10.2. The second kappa shape index (κ2) is 6.05. The van der Waals surface area contributed by atoms with E-state index in [1.54, 1.807) is 0 Å². The molecule has 0 saturated heterocycles. The number of hydrogen-bond acceptors (Lipinski definition) is 4. The summed E-state index contributed by atoms with van der Waals surface area (Å²) in [5, 5.41) is 0. The first-order valence-corrected chi connectivity index (χ1v) is 5.68. The minimum atomic E-state index is 0.335.